The molecule has 3 aromatic carbocycles. The number of nitrogens with one attached hydrogen (secondary N) is 2. The van der Waals surface area contributed by atoms with Gasteiger partial charge in [-0.3, -0.25) is 9.59 Å². The minimum atomic E-state index is -0.226. The van der Waals surface area contributed by atoms with Crippen LogP contribution in [0.1, 0.15) is 44.8 Å². The van der Waals surface area contributed by atoms with Crippen molar-refractivity contribution in [2.24, 2.45) is 0 Å². The van der Waals surface area contributed by atoms with Gasteiger partial charge in [0.15, 0.2) is 0 Å². The van der Waals surface area contributed by atoms with Gasteiger partial charge in [-0.25, -0.2) is 0 Å². The van der Waals surface area contributed by atoms with Crippen LogP contribution in [0.2, 0.25) is 0 Å². The third kappa shape index (κ3) is 4.87. The van der Waals surface area contributed by atoms with Crippen LogP contribution in [-0.4, -0.2) is 11.8 Å². The lowest BCUT2D eigenvalue weighted by atomic mass is 10.1. The fraction of sp³-hybridized carbons (Fsp3) is 0.130. The quantitative estimate of drug-likeness (QED) is 0.554. The minimum absolute atomic E-state index is 0.114. The monoisotopic (exact) mass is 436 g/mol. The number of hydrogen-bond donors (Lipinski definition) is 2. The molecule has 4 nitrogen and oxygen atoms in total. The fourth-order valence-corrected chi connectivity index (χ4v) is 3.16. The van der Waals surface area contributed by atoms with E-state index in [4.69, 9.17) is 0 Å². The average Bonchev–Trinajstić information content (AvgIpc) is 2.70. The van der Waals surface area contributed by atoms with Gasteiger partial charge in [0.1, 0.15) is 0 Å². The molecule has 0 spiro atoms. The molecule has 0 bridgehead atoms. The first-order valence-electron chi connectivity index (χ1n) is 8.97. The first-order chi connectivity index (χ1) is 13.4. The van der Waals surface area contributed by atoms with Crippen molar-refractivity contribution in [3.8, 4) is 0 Å². The SMILES string of the molecule is Cc1ccc(C(=O)Nc2cccc(C(=O)NC(C)c3ccccc3)c2)cc1Br. The summed E-state index contributed by atoms with van der Waals surface area (Å²) in [4.78, 5) is 25.1. The van der Waals surface area contributed by atoms with Crippen LogP contribution in [0.25, 0.3) is 0 Å². The van der Waals surface area contributed by atoms with Crippen LogP contribution in [-0.2, 0) is 0 Å². The highest BCUT2D eigenvalue weighted by molar-refractivity contribution is 9.10. The van der Waals surface area contributed by atoms with E-state index in [1.54, 1.807) is 36.4 Å². The molecule has 3 rings (SSSR count). The summed E-state index contributed by atoms with van der Waals surface area (Å²) in [5, 5.41) is 5.83. The van der Waals surface area contributed by atoms with E-state index in [-0.39, 0.29) is 17.9 Å². The third-order valence-electron chi connectivity index (χ3n) is 4.46. The fourth-order valence-electron chi connectivity index (χ4n) is 2.78. The highest BCUT2D eigenvalue weighted by atomic mass is 79.9. The number of amides is 2. The third-order valence-corrected chi connectivity index (χ3v) is 5.32. The maximum absolute atomic E-state index is 12.6. The summed E-state index contributed by atoms with van der Waals surface area (Å²) in [5.41, 5.74) is 3.70. The number of aryl methyl sites for hydroxylation is 1. The van der Waals surface area contributed by atoms with E-state index in [2.05, 4.69) is 26.6 Å². The van der Waals surface area contributed by atoms with Crippen molar-refractivity contribution in [2.75, 3.05) is 5.32 Å². The lowest BCUT2D eigenvalue weighted by Gasteiger charge is -2.15. The number of anilines is 1. The predicted octanol–water partition coefficient (Wildman–Crippen LogP) is 5.50. The van der Waals surface area contributed by atoms with Crippen LogP contribution in [0.15, 0.2) is 77.3 Å². The Morgan fingerprint density at radius 1 is 0.857 bits per heavy atom. The molecule has 5 heteroatoms. The second kappa shape index (κ2) is 8.85. The van der Waals surface area contributed by atoms with Crippen LogP contribution in [0.3, 0.4) is 0 Å². The Morgan fingerprint density at radius 3 is 2.29 bits per heavy atom. The molecular weight excluding hydrogens is 416 g/mol. The first kappa shape index (κ1) is 19.8. The molecule has 1 atom stereocenters. The van der Waals surface area contributed by atoms with Gasteiger partial charge in [0.05, 0.1) is 6.04 Å². The second-order valence-corrected chi connectivity index (χ2v) is 7.46. The largest absolute Gasteiger partial charge is 0.346 e. The molecule has 0 aliphatic rings. The summed E-state index contributed by atoms with van der Waals surface area (Å²) in [7, 11) is 0. The van der Waals surface area contributed by atoms with Crippen molar-refractivity contribution >= 4 is 33.4 Å². The maximum atomic E-state index is 12.6. The summed E-state index contributed by atoms with van der Waals surface area (Å²) >= 11 is 3.44. The van der Waals surface area contributed by atoms with Gasteiger partial charge in [0, 0.05) is 21.3 Å². The van der Waals surface area contributed by atoms with Gasteiger partial charge in [-0.2, -0.15) is 0 Å². The maximum Gasteiger partial charge on any atom is 0.255 e. The van der Waals surface area contributed by atoms with Crippen molar-refractivity contribution in [1.82, 2.24) is 5.32 Å². The smallest absolute Gasteiger partial charge is 0.255 e. The first-order valence-corrected chi connectivity index (χ1v) is 9.77. The van der Waals surface area contributed by atoms with E-state index in [0.717, 1.165) is 15.6 Å². The van der Waals surface area contributed by atoms with E-state index in [1.807, 2.05) is 50.2 Å². The van der Waals surface area contributed by atoms with E-state index >= 15 is 0 Å². The zero-order chi connectivity index (χ0) is 20.1. The number of benzene rings is 3. The number of hydrogen-bond acceptors (Lipinski definition) is 2. The Morgan fingerprint density at radius 2 is 1.57 bits per heavy atom. The molecule has 0 aliphatic carbocycles. The molecule has 0 aromatic heterocycles. The molecule has 1 unspecified atom stereocenters. The van der Waals surface area contributed by atoms with Gasteiger partial charge in [0.25, 0.3) is 11.8 Å². The number of halogens is 1. The number of carbonyl (C=O) groups excluding carboxylic acids is 2. The van der Waals surface area contributed by atoms with Gasteiger partial charge in [-0.15, -0.1) is 0 Å². The standard InChI is InChI=1S/C23H21BrN2O2/c1-15-11-12-19(14-21(15)24)23(28)26-20-10-6-9-18(13-20)22(27)25-16(2)17-7-4-3-5-8-17/h3-14,16H,1-2H3,(H,25,27)(H,26,28). The van der Waals surface area contributed by atoms with Gasteiger partial charge in [0.2, 0.25) is 0 Å². The predicted molar refractivity (Wildman–Crippen MR) is 116 cm³/mol. The zero-order valence-corrected chi connectivity index (χ0v) is 17.3. The van der Waals surface area contributed by atoms with Crippen LogP contribution in [0.4, 0.5) is 5.69 Å². The molecule has 28 heavy (non-hydrogen) atoms. The van der Waals surface area contributed by atoms with Crippen molar-refractivity contribution in [1.29, 1.82) is 0 Å². The highest BCUT2D eigenvalue weighted by Crippen LogP contribution is 2.19. The van der Waals surface area contributed by atoms with E-state index in [1.165, 1.54) is 0 Å². The molecule has 0 aliphatic heterocycles. The molecule has 0 saturated carbocycles. The van der Waals surface area contributed by atoms with Crippen LogP contribution in [0.5, 0.6) is 0 Å². The summed E-state index contributed by atoms with van der Waals surface area (Å²) < 4.78 is 0.878. The normalized spacial score (nSPS) is 11.5. The lowest BCUT2D eigenvalue weighted by molar-refractivity contribution is 0.0938. The van der Waals surface area contributed by atoms with E-state index in [9.17, 15) is 9.59 Å². The van der Waals surface area contributed by atoms with Crippen LogP contribution in [0, 0.1) is 6.92 Å². The van der Waals surface area contributed by atoms with Crippen LogP contribution < -0.4 is 10.6 Å². The molecule has 3 aromatic rings. The van der Waals surface area contributed by atoms with E-state index < -0.39 is 0 Å². The molecule has 142 valence electrons. The van der Waals surface area contributed by atoms with Crippen molar-refractivity contribution in [3.05, 3.63) is 99.5 Å². The van der Waals surface area contributed by atoms with Crippen molar-refractivity contribution < 1.29 is 9.59 Å². The molecule has 0 saturated heterocycles. The Labute approximate surface area is 173 Å². The topological polar surface area (TPSA) is 58.2 Å². The summed E-state index contributed by atoms with van der Waals surface area (Å²) in [6.45, 7) is 3.90. The average molecular weight is 437 g/mol. The van der Waals surface area contributed by atoms with Gasteiger partial charge < -0.3 is 10.6 Å². The Kier molecular flexibility index (Phi) is 6.26. The second-order valence-electron chi connectivity index (χ2n) is 6.60. The minimum Gasteiger partial charge on any atom is -0.346 e. The Balaban J connectivity index is 1.70. The van der Waals surface area contributed by atoms with Gasteiger partial charge in [-0.1, -0.05) is 58.4 Å². The van der Waals surface area contributed by atoms with Crippen molar-refractivity contribution in [3.63, 3.8) is 0 Å². The lowest BCUT2D eigenvalue weighted by Crippen LogP contribution is -2.26. The Hall–Kier alpha value is -2.92. The molecule has 0 radical (unpaired) electrons. The van der Waals surface area contributed by atoms with Gasteiger partial charge >= 0.3 is 0 Å². The summed E-state index contributed by atoms with van der Waals surface area (Å²) in [5.74, 6) is -0.415. The molecular formula is C23H21BrN2O2. The Bertz CT molecular complexity index is 1000. The molecule has 2 amide bonds. The molecule has 0 heterocycles. The zero-order valence-electron chi connectivity index (χ0n) is 15.7. The number of carbonyl (C=O) groups is 2. The highest BCUT2D eigenvalue weighted by Gasteiger charge is 2.13. The summed E-state index contributed by atoms with van der Waals surface area (Å²) in [6.07, 6.45) is 0. The van der Waals surface area contributed by atoms with Crippen molar-refractivity contribution in [2.45, 2.75) is 19.9 Å². The summed E-state index contributed by atoms with van der Waals surface area (Å²) in [6, 6.07) is 22.0. The van der Waals surface area contributed by atoms with Crippen LogP contribution >= 0.6 is 15.9 Å². The molecule has 0 fully saturated rings. The van der Waals surface area contributed by atoms with Gasteiger partial charge in [-0.05, 0) is 55.3 Å². The van der Waals surface area contributed by atoms with E-state index in [0.29, 0.717) is 16.8 Å². The molecule has 2 N–H and O–H groups in total. The number of rotatable bonds is 5.